The standard InChI is InChI=1S/C20H24N4O2/c1-23(19(25)15-9-5-7-13-21-15)17-11-3-4-12-18(17)24(2)20(26)16-10-6-8-14-22-16/h5-10,13-14,17-18H,3-4,11-12H2,1-2H3/t17-,18?/m0/s1. The summed E-state index contributed by atoms with van der Waals surface area (Å²) in [6.45, 7) is 0. The number of hydrogen-bond donors (Lipinski definition) is 0. The molecule has 0 aromatic carbocycles. The van der Waals surface area contributed by atoms with Gasteiger partial charge >= 0.3 is 0 Å². The Hall–Kier alpha value is -2.76. The van der Waals surface area contributed by atoms with Gasteiger partial charge in [-0.15, -0.1) is 0 Å². The Bertz CT molecular complexity index is 685. The van der Waals surface area contributed by atoms with E-state index in [0.717, 1.165) is 25.7 Å². The molecule has 0 N–H and O–H groups in total. The molecule has 2 atom stereocenters. The van der Waals surface area contributed by atoms with E-state index in [9.17, 15) is 9.59 Å². The lowest BCUT2D eigenvalue weighted by atomic mass is 9.88. The SMILES string of the molecule is CN(C(=O)c1ccccn1)C1CCCC[C@@H]1N(C)C(=O)c1ccccn1. The normalized spacial score (nSPS) is 19.6. The number of aromatic nitrogens is 2. The van der Waals surface area contributed by atoms with Crippen molar-refractivity contribution in [2.24, 2.45) is 0 Å². The highest BCUT2D eigenvalue weighted by molar-refractivity contribution is 5.93. The second-order valence-corrected chi connectivity index (χ2v) is 6.68. The van der Waals surface area contributed by atoms with Gasteiger partial charge in [-0.05, 0) is 37.1 Å². The van der Waals surface area contributed by atoms with E-state index in [4.69, 9.17) is 0 Å². The van der Waals surface area contributed by atoms with E-state index in [1.165, 1.54) is 0 Å². The van der Waals surface area contributed by atoms with Crippen molar-refractivity contribution in [2.75, 3.05) is 14.1 Å². The van der Waals surface area contributed by atoms with E-state index in [1.54, 1.807) is 60.6 Å². The van der Waals surface area contributed by atoms with Crippen LogP contribution >= 0.6 is 0 Å². The first kappa shape index (κ1) is 18.0. The van der Waals surface area contributed by atoms with Crippen molar-refractivity contribution >= 4 is 11.8 Å². The van der Waals surface area contributed by atoms with Crippen LogP contribution in [-0.4, -0.2) is 57.8 Å². The first-order valence-electron chi connectivity index (χ1n) is 8.96. The lowest BCUT2D eigenvalue weighted by Gasteiger charge is -2.42. The Balaban J connectivity index is 1.79. The van der Waals surface area contributed by atoms with Gasteiger partial charge in [0.2, 0.25) is 0 Å². The summed E-state index contributed by atoms with van der Waals surface area (Å²) in [6.07, 6.45) is 7.09. The molecule has 3 rings (SSSR count). The third kappa shape index (κ3) is 3.74. The summed E-state index contributed by atoms with van der Waals surface area (Å²) < 4.78 is 0. The van der Waals surface area contributed by atoms with Crippen LogP contribution < -0.4 is 0 Å². The zero-order valence-electron chi connectivity index (χ0n) is 15.2. The topological polar surface area (TPSA) is 66.4 Å². The largest absolute Gasteiger partial charge is 0.335 e. The molecule has 1 aliphatic carbocycles. The molecule has 0 aliphatic heterocycles. The molecule has 1 saturated carbocycles. The lowest BCUT2D eigenvalue weighted by Crippen LogP contribution is -2.54. The Morgan fingerprint density at radius 3 is 1.58 bits per heavy atom. The molecule has 1 aliphatic rings. The molecule has 1 unspecified atom stereocenters. The predicted octanol–water partition coefficient (Wildman–Crippen LogP) is 2.63. The van der Waals surface area contributed by atoms with Gasteiger partial charge in [0.25, 0.3) is 11.8 Å². The fourth-order valence-electron chi connectivity index (χ4n) is 3.64. The number of hydrogen-bond acceptors (Lipinski definition) is 4. The fourth-order valence-corrected chi connectivity index (χ4v) is 3.64. The molecule has 1 fully saturated rings. The third-order valence-electron chi connectivity index (χ3n) is 5.10. The molecule has 2 aromatic heterocycles. The maximum Gasteiger partial charge on any atom is 0.272 e. The van der Waals surface area contributed by atoms with Gasteiger partial charge < -0.3 is 9.80 Å². The van der Waals surface area contributed by atoms with Crippen molar-refractivity contribution in [1.82, 2.24) is 19.8 Å². The van der Waals surface area contributed by atoms with Crippen LogP contribution in [0.1, 0.15) is 46.7 Å². The van der Waals surface area contributed by atoms with E-state index in [1.807, 2.05) is 12.1 Å². The molecule has 2 aromatic rings. The summed E-state index contributed by atoms with van der Waals surface area (Å²) in [4.78, 5) is 37.4. The maximum absolute atomic E-state index is 12.8. The Morgan fingerprint density at radius 1 is 0.808 bits per heavy atom. The average Bonchev–Trinajstić information content (AvgIpc) is 2.73. The van der Waals surface area contributed by atoms with Crippen molar-refractivity contribution in [3.8, 4) is 0 Å². The molecular formula is C20H24N4O2. The average molecular weight is 352 g/mol. The quantitative estimate of drug-likeness (QED) is 0.848. The summed E-state index contributed by atoms with van der Waals surface area (Å²) in [7, 11) is 3.61. The first-order valence-corrected chi connectivity index (χ1v) is 8.96. The number of amides is 2. The van der Waals surface area contributed by atoms with Crippen LogP contribution in [0.5, 0.6) is 0 Å². The molecule has 6 nitrogen and oxygen atoms in total. The van der Waals surface area contributed by atoms with Gasteiger partial charge in [0, 0.05) is 26.5 Å². The van der Waals surface area contributed by atoms with Gasteiger partial charge in [-0.1, -0.05) is 25.0 Å². The summed E-state index contributed by atoms with van der Waals surface area (Å²) >= 11 is 0. The van der Waals surface area contributed by atoms with E-state index < -0.39 is 0 Å². The first-order chi connectivity index (χ1) is 12.6. The molecule has 2 heterocycles. The molecule has 6 heteroatoms. The van der Waals surface area contributed by atoms with Crippen LogP contribution in [0.15, 0.2) is 48.8 Å². The van der Waals surface area contributed by atoms with Gasteiger partial charge in [-0.25, -0.2) is 0 Å². The van der Waals surface area contributed by atoms with Crippen LogP contribution in [-0.2, 0) is 0 Å². The molecule has 0 bridgehead atoms. The Labute approximate surface area is 153 Å². The van der Waals surface area contributed by atoms with Crippen molar-refractivity contribution in [1.29, 1.82) is 0 Å². The van der Waals surface area contributed by atoms with Crippen molar-refractivity contribution in [3.05, 3.63) is 60.2 Å². The second-order valence-electron chi connectivity index (χ2n) is 6.68. The minimum absolute atomic E-state index is 0.0316. The third-order valence-corrected chi connectivity index (χ3v) is 5.10. The van der Waals surface area contributed by atoms with Crippen LogP contribution in [0.3, 0.4) is 0 Å². The van der Waals surface area contributed by atoms with Gasteiger partial charge in [-0.3, -0.25) is 19.6 Å². The number of likely N-dealkylation sites (N-methyl/N-ethyl adjacent to an activating group) is 2. The number of nitrogens with zero attached hydrogens (tertiary/aromatic N) is 4. The fraction of sp³-hybridized carbons (Fsp3) is 0.400. The van der Waals surface area contributed by atoms with E-state index >= 15 is 0 Å². The summed E-state index contributed by atoms with van der Waals surface area (Å²) in [5, 5.41) is 0. The Kier molecular flexibility index (Phi) is 5.61. The van der Waals surface area contributed by atoms with E-state index in [2.05, 4.69) is 9.97 Å². The zero-order chi connectivity index (χ0) is 18.5. The van der Waals surface area contributed by atoms with Crippen LogP contribution in [0.25, 0.3) is 0 Å². The van der Waals surface area contributed by atoms with Crippen LogP contribution in [0.2, 0.25) is 0 Å². The van der Waals surface area contributed by atoms with Crippen molar-refractivity contribution < 1.29 is 9.59 Å². The van der Waals surface area contributed by atoms with Gasteiger partial charge in [0.1, 0.15) is 11.4 Å². The molecule has 136 valence electrons. The second kappa shape index (κ2) is 8.08. The van der Waals surface area contributed by atoms with Crippen LogP contribution in [0.4, 0.5) is 0 Å². The van der Waals surface area contributed by atoms with Crippen molar-refractivity contribution in [2.45, 2.75) is 37.8 Å². The maximum atomic E-state index is 12.8. The smallest absolute Gasteiger partial charge is 0.272 e. The monoisotopic (exact) mass is 352 g/mol. The van der Waals surface area contributed by atoms with Gasteiger partial charge in [0.15, 0.2) is 0 Å². The van der Waals surface area contributed by atoms with Gasteiger partial charge in [0.05, 0.1) is 12.1 Å². The molecule has 0 spiro atoms. The minimum Gasteiger partial charge on any atom is -0.335 e. The molecule has 0 radical (unpaired) electrons. The zero-order valence-corrected chi connectivity index (χ0v) is 15.2. The Morgan fingerprint density at radius 2 is 1.23 bits per heavy atom. The molecular weight excluding hydrogens is 328 g/mol. The van der Waals surface area contributed by atoms with Crippen molar-refractivity contribution in [3.63, 3.8) is 0 Å². The van der Waals surface area contributed by atoms with E-state index in [-0.39, 0.29) is 23.9 Å². The number of pyridine rings is 2. The van der Waals surface area contributed by atoms with Crippen LogP contribution in [0, 0.1) is 0 Å². The minimum atomic E-state index is -0.110. The van der Waals surface area contributed by atoms with E-state index in [0.29, 0.717) is 11.4 Å². The number of rotatable bonds is 4. The number of carbonyl (C=O) groups excluding carboxylic acids is 2. The van der Waals surface area contributed by atoms with Gasteiger partial charge in [-0.2, -0.15) is 0 Å². The predicted molar refractivity (Wildman–Crippen MR) is 98.7 cm³/mol. The summed E-state index contributed by atoms with van der Waals surface area (Å²) in [5.74, 6) is -0.220. The highest BCUT2D eigenvalue weighted by atomic mass is 16.2. The molecule has 0 saturated heterocycles. The lowest BCUT2D eigenvalue weighted by molar-refractivity contribution is 0.0415. The highest BCUT2D eigenvalue weighted by Crippen LogP contribution is 2.27. The molecule has 26 heavy (non-hydrogen) atoms. The summed E-state index contributed by atoms with van der Waals surface area (Å²) in [6, 6.07) is 10.6. The number of carbonyl (C=O) groups is 2. The molecule has 2 amide bonds. The highest BCUT2D eigenvalue weighted by Gasteiger charge is 2.36. The summed E-state index contributed by atoms with van der Waals surface area (Å²) in [5.41, 5.74) is 0.857.